The van der Waals surface area contributed by atoms with Gasteiger partial charge in [-0.1, -0.05) is 79.9 Å². The summed E-state index contributed by atoms with van der Waals surface area (Å²) in [4.78, 5) is 80.2. The third kappa shape index (κ3) is 15.5. The first-order chi connectivity index (χ1) is 36.6. The molecule has 7 rings (SSSR count). The number of hydrogen-bond donors (Lipinski definition) is 3. The molecular weight excluding hydrogens is 1000 g/mol. The molecular formula is C56H73F2N7O10S. The summed E-state index contributed by atoms with van der Waals surface area (Å²) in [6, 6.07) is 17.4. The van der Waals surface area contributed by atoms with E-state index in [9.17, 15) is 28.4 Å². The number of halogens is 2. The Morgan fingerprint density at radius 2 is 1.45 bits per heavy atom. The van der Waals surface area contributed by atoms with E-state index in [1.165, 1.54) is 34.3 Å². The van der Waals surface area contributed by atoms with Crippen LogP contribution < -0.4 is 25.6 Å². The normalized spacial score (nSPS) is 17.4. The largest absolute Gasteiger partial charge is 0.487 e. The van der Waals surface area contributed by atoms with Crippen LogP contribution in [-0.4, -0.2) is 154 Å². The fourth-order valence-electron chi connectivity index (χ4n) is 9.76. The smallest absolute Gasteiger partial charge is 0.410 e. The number of nitrogens with one attached hydrogen (secondary N) is 3. The Morgan fingerprint density at radius 3 is 2.11 bits per heavy atom. The summed E-state index contributed by atoms with van der Waals surface area (Å²) in [5.74, 6) is -5.05. The molecule has 0 radical (unpaired) electrons. The first-order valence-corrected chi connectivity index (χ1v) is 27.3. The number of morpholine rings is 1. The van der Waals surface area contributed by atoms with Gasteiger partial charge in [0, 0.05) is 50.1 Å². The van der Waals surface area contributed by atoms with Crippen molar-refractivity contribution in [3.05, 3.63) is 101 Å². The molecule has 76 heavy (non-hydrogen) atoms. The maximum atomic E-state index is 15.1. The average Bonchev–Trinajstić information content (AvgIpc) is 4.14. The zero-order valence-electron chi connectivity index (χ0n) is 44.2. The van der Waals surface area contributed by atoms with Crippen LogP contribution in [0.25, 0.3) is 11.3 Å². The summed E-state index contributed by atoms with van der Waals surface area (Å²) < 4.78 is 57.5. The van der Waals surface area contributed by atoms with E-state index in [0.717, 1.165) is 41.6 Å². The fourth-order valence-corrected chi connectivity index (χ4v) is 10.6. The number of rotatable bonds is 23. The Hall–Kier alpha value is -6.22. The molecule has 1 aliphatic carbocycles. The van der Waals surface area contributed by atoms with Crippen LogP contribution in [0.2, 0.25) is 0 Å². The van der Waals surface area contributed by atoms with Gasteiger partial charge >= 0.3 is 6.09 Å². The summed E-state index contributed by atoms with van der Waals surface area (Å²) in [5, 5.41) is 11.6. The van der Waals surface area contributed by atoms with Crippen LogP contribution in [0.15, 0.2) is 78.2 Å². The van der Waals surface area contributed by atoms with Gasteiger partial charge in [0.1, 0.15) is 36.4 Å². The SMILES string of the molecule is C[C@@H](C(=O)N[C@H](C(=O)N1CCC[C@H]1C(=O)N[C@H](C(=O)NCCOCCOCCOc1c(-c2csc(N3CCOCC3)n2)ccc(F)c1F)C(c1ccccc1)c1ccccc1)C1CCCCC1)N(C)C(=O)OC(C)(C)C. The topological polar surface area (TPSA) is 190 Å². The number of hydrogen-bond acceptors (Lipinski definition) is 13. The van der Waals surface area contributed by atoms with Crippen LogP contribution >= 0.6 is 11.3 Å². The van der Waals surface area contributed by atoms with Gasteiger partial charge in [-0.2, -0.15) is 4.39 Å². The lowest BCUT2D eigenvalue weighted by Gasteiger charge is -2.36. The van der Waals surface area contributed by atoms with E-state index in [1.807, 2.05) is 60.7 Å². The van der Waals surface area contributed by atoms with Gasteiger partial charge in [-0.25, -0.2) is 14.2 Å². The first-order valence-electron chi connectivity index (χ1n) is 26.4. The monoisotopic (exact) mass is 1070 g/mol. The van der Waals surface area contributed by atoms with E-state index in [-0.39, 0.29) is 63.7 Å². The molecule has 4 aromatic rings. The second-order valence-corrected chi connectivity index (χ2v) is 21.2. The predicted molar refractivity (Wildman–Crippen MR) is 284 cm³/mol. The molecule has 0 bridgehead atoms. The van der Waals surface area contributed by atoms with Crippen LogP contribution in [0, 0.1) is 17.6 Å². The minimum atomic E-state index is -1.12. The van der Waals surface area contributed by atoms with Crippen molar-refractivity contribution in [3.8, 4) is 17.0 Å². The third-order valence-corrected chi connectivity index (χ3v) is 14.8. The standard InChI is InChI=1S/C56H73F2N7O10S/c1-37(63(5)55(70)75-56(2,3)4)50(66)61-47(40-20-13-8-14-21-40)53(69)65-26-15-22-44(65)51(67)62-48(45(38-16-9-6-10-17-38)39-18-11-7-12-19-39)52(68)59-25-29-71-32-33-73-34-35-74-49-41(23-24-42(57)46(49)58)43-36-76-54(60-43)64-27-30-72-31-28-64/h6-7,9-12,16-19,23-24,36-37,40,44-45,47-48H,8,13-15,20-22,25-35H2,1-5H3,(H,59,68)(H,61,66)(H,62,67)/t37-,44-,47-,48-/m0/s1. The number of thiazole rings is 1. The zero-order chi connectivity index (χ0) is 54.2. The minimum Gasteiger partial charge on any atom is -0.487 e. The summed E-state index contributed by atoms with van der Waals surface area (Å²) in [6.07, 6.45) is 4.45. The molecule has 412 valence electrons. The van der Waals surface area contributed by atoms with Crippen molar-refractivity contribution >= 4 is 46.2 Å². The number of carbonyl (C=O) groups excluding carboxylic acids is 5. The van der Waals surface area contributed by atoms with E-state index in [1.54, 1.807) is 33.1 Å². The summed E-state index contributed by atoms with van der Waals surface area (Å²) in [6.45, 7) is 10.1. The Kier molecular flexibility index (Phi) is 21.0. The van der Waals surface area contributed by atoms with Gasteiger partial charge in [-0.3, -0.25) is 24.1 Å². The fraction of sp³-hybridized carbons (Fsp3) is 0.536. The lowest BCUT2D eigenvalue weighted by molar-refractivity contribution is -0.144. The number of nitrogens with zero attached hydrogens (tertiary/aromatic N) is 4. The van der Waals surface area contributed by atoms with E-state index < -0.39 is 71.1 Å². The number of amides is 5. The highest BCUT2D eigenvalue weighted by Crippen LogP contribution is 2.37. The minimum absolute atomic E-state index is 0.0554. The van der Waals surface area contributed by atoms with Gasteiger partial charge in [0.25, 0.3) is 0 Å². The predicted octanol–water partition coefficient (Wildman–Crippen LogP) is 7.08. The molecule has 2 saturated heterocycles. The first kappa shape index (κ1) is 57.5. The van der Waals surface area contributed by atoms with Crippen molar-refractivity contribution in [1.82, 2.24) is 30.7 Å². The Morgan fingerprint density at radius 1 is 0.803 bits per heavy atom. The Balaban J connectivity index is 0.958. The van der Waals surface area contributed by atoms with Gasteiger partial charge in [-0.05, 0) is 82.6 Å². The average molecular weight is 1070 g/mol. The van der Waals surface area contributed by atoms with Crippen molar-refractivity contribution < 1.29 is 56.4 Å². The molecule has 20 heteroatoms. The van der Waals surface area contributed by atoms with E-state index in [4.69, 9.17) is 23.7 Å². The van der Waals surface area contributed by atoms with E-state index in [2.05, 4.69) is 25.8 Å². The highest BCUT2D eigenvalue weighted by molar-refractivity contribution is 7.14. The van der Waals surface area contributed by atoms with Crippen LogP contribution in [0.4, 0.5) is 18.7 Å². The van der Waals surface area contributed by atoms with Gasteiger partial charge in [0.05, 0.1) is 45.3 Å². The summed E-state index contributed by atoms with van der Waals surface area (Å²) in [5.41, 5.74) is 1.60. The molecule has 1 saturated carbocycles. The van der Waals surface area contributed by atoms with Gasteiger partial charge in [0.15, 0.2) is 16.7 Å². The van der Waals surface area contributed by atoms with E-state index >= 15 is 4.39 Å². The number of benzene rings is 3. The van der Waals surface area contributed by atoms with Crippen LogP contribution in [0.5, 0.6) is 5.75 Å². The summed E-state index contributed by atoms with van der Waals surface area (Å²) >= 11 is 1.41. The molecule has 3 fully saturated rings. The molecule has 1 aromatic heterocycles. The van der Waals surface area contributed by atoms with Gasteiger partial charge in [0.2, 0.25) is 29.4 Å². The molecule has 0 spiro atoms. The molecule has 3 heterocycles. The van der Waals surface area contributed by atoms with Crippen molar-refractivity contribution in [2.75, 3.05) is 84.4 Å². The molecule has 5 amide bonds. The van der Waals surface area contributed by atoms with Crippen LogP contribution in [-0.2, 0) is 38.1 Å². The molecule has 3 N–H and O–H groups in total. The second kappa shape index (κ2) is 27.7. The highest BCUT2D eigenvalue weighted by Gasteiger charge is 2.43. The molecule has 17 nitrogen and oxygen atoms in total. The Bertz CT molecular complexity index is 2500. The number of aromatic nitrogens is 1. The number of anilines is 1. The van der Waals surface area contributed by atoms with Crippen molar-refractivity contribution in [1.29, 1.82) is 0 Å². The summed E-state index contributed by atoms with van der Waals surface area (Å²) in [7, 11) is 1.48. The lowest BCUT2D eigenvalue weighted by atomic mass is 9.83. The number of carbonyl (C=O) groups is 5. The molecule has 4 atom stereocenters. The molecule has 2 aliphatic heterocycles. The van der Waals surface area contributed by atoms with Gasteiger partial charge in [-0.15, -0.1) is 11.3 Å². The quantitative estimate of drug-likeness (QED) is 0.0642. The number of likely N-dealkylation sites (tertiary alicyclic amines) is 1. The maximum Gasteiger partial charge on any atom is 0.410 e. The lowest BCUT2D eigenvalue weighted by Crippen LogP contribution is -2.60. The second-order valence-electron chi connectivity index (χ2n) is 20.3. The highest BCUT2D eigenvalue weighted by atomic mass is 32.1. The molecule has 3 aromatic carbocycles. The number of ether oxygens (including phenoxy) is 5. The maximum absolute atomic E-state index is 15.1. The number of likely N-dealkylation sites (N-methyl/N-ethyl adjacent to an activating group) is 1. The van der Waals surface area contributed by atoms with Gasteiger partial charge < -0.3 is 49.4 Å². The van der Waals surface area contributed by atoms with E-state index in [0.29, 0.717) is 63.2 Å². The van der Waals surface area contributed by atoms with Crippen molar-refractivity contribution in [2.45, 2.75) is 108 Å². The van der Waals surface area contributed by atoms with Crippen LogP contribution in [0.3, 0.4) is 0 Å². The Labute approximate surface area is 448 Å². The van der Waals surface area contributed by atoms with Crippen LogP contribution in [0.1, 0.15) is 89.7 Å². The molecule has 0 unspecified atom stereocenters. The van der Waals surface area contributed by atoms with Crippen molar-refractivity contribution in [2.24, 2.45) is 5.92 Å². The zero-order valence-corrected chi connectivity index (χ0v) is 45.0. The third-order valence-electron chi connectivity index (χ3n) is 13.9. The van der Waals surface area contributed by atoms with Crippen molar-refractivity contribution in [3.63, 3.8) is 0 Å². The molecule has 3 aliphatic rings.